The molecule has 3 aromatic heterocycles. The zero-order valence-corrected chi connectivity index (χ0v) is 20.7. The number of carbonyl (C=O) groups excluding carboxylic acids is 1. The highest BCUT2D eigenvalue weighted by Crippen LogP contribution is 2.38. The van der Waals surface area contributed by atoms with Gasteiger partial charge < -0.3 is 9.73 Å². The summed E-state index contributed by atoms with van der Waals surface area (Å²) in [7, 11) is 0. The monoisotopic (exact) mass is 505 g/mol. The van der Waals surface area contributed by atoms with Gasteiger partial charge in [-0.1, -0.05) is 35.9 Å². The maximum Gasteiger partial charge on any atom is 0.227 e. The number of aromatic nitrogens is 4. The van der Waals surface area contributed by atoms with Gasteiger partial charge in [-0.25, -0.2) is 15.0 Å². The van der Waals surface area contributed by atoms with Crippen LogP contribution >= 0.6 is 11.6 Å². The number of fused-ring (bicyclic) bond motifs is 2. The summed E-state index contributed by atoms with van der Waals surface area (Å²) in [5, 5.41) is 3.79. The van der Waals surface area contributed by atoms with E-state index >= 15 is 0 Å². The summed E-state index contributed by atoms with van der Waals surface area (Å²) in [5.74, 6) is 1.10. The molecule has 0 saturated carbocycles. The first-order valence-corrected chi connectivity index (χ1v) is 12.0. The lowest BCUT2D eigenvalue weighted by molar-refractivity contribution is 0.112. The minimum Gasteiger partial charge on any atom is -0.434 e. The Hall–Kier alpha value is -4.62. The van der Waals surface area contributed by atoms with Crippen molar-refractivity contribution in [3.8, 4) is 22.6 Å². The lowest BCUT2D eigenvalue weighted by Gasteiger charge is -2.16. The molecule has 0 amide bonds. The van der Waals surface area contributed by atoms with E-state index in [4.69, 9.17) is 16.0 Å². The lowest BCUT2D eigenvalue weighted by Crippen LogP contribution is -2.00. The summed E-state index contributed by atoms with van der Waals surface area (Å²) in [4.78, 5) is 29.2. The van der Waals surface area contributed by atoms with Crippen molar-refractivity contribution in [2.45, 2.75) is 13.8 Å². The van der Waals surface area contributed by atoms with Crippen molar-refractivity contribution in [2.75, 3.05) is 5.32 Å². The van der Waals surface area contributed by atoms with E-state index in [2.05, 4.69) is 44.3 Å². The van der Waals surface area contributed by atoms with E-state index in [1.165, 1.54) is 0 Å². The van der Waals surface area contributed by atoms with Crippen LogP contribution in [-0.2, 0) is 0 Å². The number of hydrogen-bond acceptors (Lipinski definition) is 7. The molecule has 0 fully saturated rings. The van der Waals surface area contributed by atoms with E-state index < -0.39 is 0 Å². The molecule has 37 heavy (non-hydrogen) atoms. The Labute approximate surface area is 217 Å². The van der Waals surface area contributed by atoms with Crippen molar-refractivity contribution in [3.05, 3.63) is 94.9 Å². The summed E-state index contributed by atoms with van der Waals surface area (Å²) < 4.78 is 6.04. The molecule has 0 spiro atoms. The second-order valence-electron chi connectivity index (χ2n) is 8.65. The van der Waals surface area contributed by atoms with E-state index in [0.29, 0.717) is 38.9 Å². The Bertz CT molecular complexity index is 1820. The summed E-state index contributed by atoms with van der Waals surface area (Å²) in [6, 6.07) is 17.2. The molecule has 3 heterocycles. The van der Waals surface area contributed by atoms with Gasteiger partial charge in [-0.3, -0.25) is 9.78 Å². The summed E-state index contributed by atoms with van der Waals surface area (Å²) in [6.07, 6.45) is 5.79. The van der Waals surface area contributed by atoms with Crippen LogP contribution in [-0.4, -0.2) is 26.2 Å². The standard InChI is InChI=1S/C29H20ClN5O2/c1-16-19(5-3-7-21(16)29-35-25-14-18(15-36)13-22(30)27(25)37-29)20-6-4-8-23(17(20)2)34-28-26-24(9-10-33-28)31-11-12-32-26/h3-15H,1-2H3,(H,33,34). The number of halogens is 1. The highest BCUT2D eigenvalue weighted by molar-refractivity contribution is 6.35. The fraction of sp³-hybridized carbons (Fsp3) is 0.0690. The fourth-order valence-corrected chi connectivity index (χ4v) is 4.79. The smallest absolute Gasteiger partial charge is 0.227 e. The minimum atomic E-state index is 0.355. The first-order chi connectivity index (χ1) is 18.0. The molecule has 0 atom stereocenters. The second-order valence-corrected chi connectivity index (χ2v) is 9.06. The van der Waals surface area contributed by atoms with Gasteiger partial charge >= 0.3 is 0 Å². The lowest BCUT2D eigenvalue weighted by atomic mass is 9.93. The van der Waals surface area contributed by atoms with E-state index in [1.54, 1.807) is 30.7 Å². The topological polar surface area (TPSA) is 93.8 Å². The molecule has 0 bridgehead atoms. The molecule has 7 nitrogen and oxygen atoms in total. The molecule has 0 unspecified atom stereocenters. The molecule has 6 aromatic rings. The van der Waals surface area contributed by atoms with Crippen LogP contribution in [0.2, 0.25) is 5.02 Å². The summed E-state index contributed by atoms with van der Waals surface area (Å²) >= 11 is 6.34. The van der Waals surface area contributed by atoms with Crippen molar-refractivity contribution in [1.29, 1.82) is 0 Å². The Morgan fingerprint density at radius 1 is 0.838 bits per heavy atom. The molecule has 0 aliphatic heterocycles. The third-order valence-corrected chi connectivity index (χ3v) is 6.71. The molecular formula is C29H20ClN5O2. The van der Waals surface area contributed by atoms with Crippen LogP contribution in [0.4, 0.5) is 11.5 Å². The van der Waals surface area contributed by atoms with Crippen LogP contribution in [0, 0.1) is 13.8 Å². The SMILES string of the molecule is Cc1c(Nc2nccc3nccnc23)cccc1-c1cccc(-c2nc3cc(C=O)cc(Cl)c3o2)c1C. The van der Waals surface area contributed by atoms with Gasteiger partial charge in [-0.05, 0) is 66.4 Å². The Balaban J connectivity index is 1.42. The largest absolute Gasteiger partial charge is 0.434 e. The Morgan fingerprint density at radius 3 is 2.43 bits per heavy atom. The van der Waals surface area contributed by atoms with Crippen LogP contribution < -0.4 is 5.32 Å². The van der Waals surface area contributed by atoms with Crippen LogP contribution in [0.15, 0.2) is 77.6 Å². The highest BCUT2D eigenvalue weighted by Gasteiger charge is 2.18. The van der Waals surface area contributed by atoms with Gasteiger partial charge in [-0.2, -0.15) is 0 Å². The number of hydrogen-bond donors (Lipinski definition) is 1. The van der Waals surface area contributed by atoms with E-state index in [9.17, 15) is 4.79 Å². The molecule has 0 aliphatic carbocycles. The minimum absolute atomic E-state index is 0.355. The number of nitrogens with one attached hydrogen (secondary N) is 1. The molecule has 0 saturated heterocycles. The molecule has 0 radical (unpaired) electrons. The average Bonchev–Trinajstić information content (AvgIpc) is 3.35. The Kier molecular flexibility index (Phi) is 5.62. The van der Waals surface area contributed by atoms with Gasteiger partial charge in [0.1, 0.15) is 17.3 Å². The van der Waals surface area contributed by atoms with E-state index in [-0.39, 0.29) is 0 Å². The predicted molar refractivity (Wildman–Crippen MR) is 145 cm³/mol. The number of carbonyl (C=O) groups is 1. The highest BCUT2D eigenvalue weighted by atomic mass is 35.5. The fourth-order valence-electron chi connectivity index (χ4n) is 4.53. The molecule has 180 valence electrons. The maximum atomic E-state index is 11.2. The van der Waals surface area contributed by atoms with Crippen molar-refractivity contribution < 1.29 is 9.21 Å². The van der Waals surface area contributed by atoms with Gasteiger partial charge in [0.05, 0.1) is 10.5 Å². The second kappa shape index (κ2) is 9.11. The molecule has 0 aliphatic rings. The zero-order chi connectivity index (χ0) is 25.5. The van der Waals surface area contributed by atoms with Gasteiger partial charge in [0.25, 0.3) is 0 Å². The van der Waals surface area contributed by atoms with Crippen LogP contribution in [0.25, 0.3) is 44.7 Å². The van der Waals surface area contributed by atoms with Gasteiger partial charge in [0.15, 0.2) is 11.4 Å². The van der Waals surface area contributed by atoms with Crippen LogP contribution in [0.5, 0.6) is 0 Å². The first-order valence-electron chi connectivity index (χ1n) is 11.6. The number of benzene rings is 3. The van der Waals surface area contributed by atoms with Gasteiger partial charge in [0.2, 0.25) is 5.89 Å². The summed E-state index contributed by atoms with van der Waals surface area (Å²) in [5.41, 5.74) is 8.88. The number of nitrogens with zero attached hydrogens (tertiary/aromatic N) is 4. The van der Waals surface area contributed by atoms with Crippen molar-refractivity contribution in [1.82, 2.24) is 19.9 Å². The number of rotatable bonds is 5. The molecule has 1 N–H and O–H groups in total. The number of pyridine rings is 1. The first kappa shape index (κ1) is 22.8. The summed E-state index contributed by atoms with van der Waals surface area (Å²) in [6.45, 7) is 4.11. The third-order valence-electron chi connectivity index (χ3n) is 6.43. The third kappa shape index (κ3) is 3.99. The molecule has 6 rings (SSSR count). The average molecular weight is 506 g/mol. The molecule has 8 heteroatoms. The molecule has 3 aromatic carbocycles. The number of anilines is 2. The number of aldehydes is 1. The molecular weight excluding hydrogens is 486 g/mol. The van der Waals surface area contributed by atoms with Crippen molar-refractivity contribution in [2.24, 2.45) is 0 Å². The quantitative estimate of drug-likeness (QED) is 0.245. The number of oxazole rings is 1. The zero-order valence-electron chi connectivity index (χ0n) is 20.0. The predicted octanol–water partition coefficient (Wildman–Crippen LogP) is 7.33. The maximum absolute atomic E-state index is 11.2. The van der Waals surface area contributed by atoms with Gasteiger partial charge in [0, 0.05) is 35.4 Å². The van der Waals surface area contributed by atoms with Gasteiger partial charge in [-0.15, -0.1) is 0 Å². The van der Waals surface area contributed by atoms with Crippen molar-refractivity contribution >= 4 is 51.5 Å². The van der Waals surface area contributed by atoms with Crippen molar-refractivity contribution in [3.63, 3.8) is 0 Å². The van der Waals surface area contributed by atoms with Crippen LogP contribution in [0.1, 0.15) is 21.5 Å². The normalized spacial score (nSPS) is 11.2. The van der Waals surface area contributed by atoms with Crippen LogP contribution in [0.3, 0.4) is 0 Å². The Morgan fingerprint density at radius 2 is 1.59 bits per heavy atom. The van der Waals surface area contributed by atoms with E-state index in [0.717, 1.165) is 45.3 Å². The van der Waals surface area contributed by atoms with E-state index in [1.807, 2.05) is 37.3 Å².